The van der Waals surface area contributed by atoms with Crippen LogP contribution < -0.4 is 10.1 Å². The van der Waals surface area contributed by atoms with Crippen LogP contribution in [0.5, 0.6) is 5.75 Å². The first-order chi connectivity index (χ1) is 9.19. The van der Waals surface area contributed by atoms with Crippen molar-refractivity contribution in [3.05, 3.63) is 28.3 Å². The summed E-state index contributed by atoms with van der Waals surface area (Å²) < 4.78 is 5.62. The second-order valence-corrected chi connectivity index (χ2v) is 4.62. The third-order valence-electron chi connectivity index (χ3n) is 3.27. The lowest BCUT2D eigenvalue weighted by Crippen LogP contribution is -2.25. The SMILES string of the molecule is CNc1cc(OCCN2CCCC2)cc([N+](=O)[O-])c1. The molecule has 0 amide bonds. The summed E-state index contributed by atoms with van der Waals surface area (Å²) in [6, 6.07) is 4.73. The first-order valence-corrected chi connectivity index (χ1v) is 6.51. The second-order valence-electron chi connectivity index (χ2n) is 4.62. The summed E-state index contributed by atoms with van der Waals surface area (Å²) in [5.74, 6) is 0.540. The van der Waals surface area contributed by atoms with Gasteiger partial charge in [0.25, 0.3) is 5.69 Å². The molecule has 1 N–H and O–H groups in total. The van der Waals surface area contributed by atoms with Gasteiger partial charge in [-0.2, -0.15) is 0 Å². The molecule has 0 radical (unpaired) electrons. The fourth-order valence-corrected chi connectivity index (χ4v) is 2.22. The molecular formula is C13H19N3O3. The molecule has 1 saturated heterocycles. The highest BCUT2D eigenvalue weighted by molar-refractivity contribution is 5.55. The van der Waals surface area contributed by atoms with E-state index in [0.29, 0.717) is 18.0 Å². The van der Waals surface area contributed by atoms with Crippen LogP contribution in [0.2, 0.25) is 0 Å². The average molecular weight is 265 g/mol. The Hall–Kier alpha value is -1.82. The fraction of sp³-hybridized carbons (Fsp3) is 0.538. The van der Waals surface area contributed by atoms with E-state index in [2.05, 4.69) is 10.2 Å². The van der Waals surface area contributed by atoms with Crippen LogP contribution in [-0.4, -0.2) is 43.1 Å². The molecule has 6 nitrogen and oxygen atoms in total. The van der Waals surface area contributed by atoms with Crippen molar-refractivity contribution >= 4 is 11.4 Å². The Morgan fingerprint density at radius 1 is 1.37 bits per heavy atom. The van der Waals surface area contributed by atoms with Gasteiger partial charge in [0.05, 0.1) is 11.0 Å². The highest BCUT2D eigenvalue weighted by Gasteiger charge is 2.12. The third kappa shape index (κ3) is 3.82. The molecule has 1 heterocycles. The van der Waals surface area contributed by atoms with Gasteiger partial charge < -0.3 is 10.1 Å². The minimum absolute atomic E-state index is 0.0445. The van der Waals surface area contributed by atoms with Crippen LogP contribution in [0.4, 0.5) is 11.4 Å². The van der Waals surface area contributed by atoms with Crippen molar-refractivity contribution < 1.29 is 9.66 Å². The number of non-ortho nitro benzene ring substituents is 1. The summed E-state index contributed by atoms with van der Waals surface area (Å²) in [6.07, 6.45) is 2.50. The van der Waals surface area contributed by atoms with Crippen molar-refractivity contribution in [1.29, 1.82) is 0 Å². The number of nitro benzene ring substituents is 1. The van der Waals surface area contributed by atoms with Crippen LogP contribution in [-0.2, 0) is 0 Å². The van der Waals surface area contributed by atoms with Gasteiger partial charge in [-0.25, -0.2) is 0 Å². The number of anilines is 1. The lowest BCUT2D eigenvalue weighted by molar-refractivity contribution is -0.384. The molecule has 1 aliphatic heterocycles. The molecule has 0 bridgehead atoms. The number of rotatable bonds is 6. The zero-order valence-electron chi connectivity index (χ0n) is 11.1. The van der Waals surface area contributed by atoms with Gasteiger partial charge >= 0.3 is 0 Å². The van der Waals surface area contributed by atoms with E-state index in [1.807, 2.05) is 0 Å². The first-order valence-electron chi connectivity index (χ1n) is 6.51. The van der Waals surface area contributed by atoms with Crippen molar-refractivity contribution in [2.75, 3.05) is 38.6 Å². The maximum Gasteiger partial charge on any atom is 0.275 e. The Labute approximate surface area is 112 Å². The van der Waals surface area contributed by atoms with Gasteiger partial charge in [-0.1, -0.05) is 0 Å². The number of likely N-dealkylation sites (tertiary alicyclic amines) is 1. The Morgan fingerprint density at radius 2 is 2.11 bits per heavy atom. The second kappa shape index (κ2) is 6.38. The summed E-state index contributed by atoms with van der Waals surface area (Å²) in [5, 5.41) is 13.7. The van der Waals surface area contributed by atoms with E-state index in [0.717, 1.165) is 19.6 Å². The van der Waals surface area contributed by atoms with Crippen molar-refractivity contribution in [2.24, 2.45) is 0 Å². The summed E-state index contributed by atoms with van der Waals surface area (Å²) in [6.45, 7) is 3.68. The predicted molar refractivity (Wildman–Crippen MR) is 73.8 cm³/mol. The van der Waals surface area contributed by atoms with Gasteiger partial charge in [-0.15, -0.1) is 0 Å². The largest absolute Gasteiger partial charge is 0.492 e. The Kier molecular flexibility index (Phi) is 4.57. The van der Waals surface area contributed by atoms with E-state index in [9.17, 15) is 10.1 Å². The van der Waals surface area contributed by atoms with Crippen molar-refractivity contribution in [3.8, 4) is 5.75 Å². The van der Waals surface area contributed by atoms with Crippen LogP contribution >= 0.6 is 0 Å². The van der Waals surface area contributed by atoms with Gasteiger partial charge in [-0.3, -0.25) is 15.0 Å². The number of nitro groups is 1. The quantitative estimate of drug-likeness (QED) is 0.630. The van der Waals surface area contributed by atoms with Crippen LogP contribution in [0, 0.1) is 10.1 Å². The normalized spacial score (nSPS) is 15.4. The van der Waals surface area contributed by atoms with Crippen LogP contribution in [0.25, 0.3) is 0 Å². The number of hydrogen-bond donors (Lipinski definition) is 1. The van der Waals surface area contributed by atoms with Crippen molar-refractivity contribution in [1.82, 2.24) is 4.90 Å². The number of nitrogens with zero attached hydrogens (tertiary/aromatic N) is 2. The molecule has 0 saturated carbocycles. The lowest BCUT2D eigenvalue weighted by atomic mass is 10.2. The zero-order chi connectivity index (χ0) is 13.7. The Morgan fingerprint density at radius 3 is 2.74 bits per heavy atom. The van der Waals surface area contributed by atoms with Crippen LogP contribution in [0.15, 0.2) is 18.2 Å². The van der Waals surface area contributed by atoms with E-state index >= 15 is 0 Å². The summed E-state index contributed by atoms with van der Waals surface area (Å²) in [4.78, 5) is 12.8. The molecule has 2 rings (SSSR count). The molecule has 1 aliphatic rings. The lowest BCUT2D eigenvalue weighted by Gasteiger charge is -2.15. The molecule has 6 heteroatoms. The topological polar surface area (TPSA) is 67.6 Å². The monoisotopic (exact) mass is 265 g/mol. The standard InChI is InChI=1S/C13H19N3O3/c1-14-11-8-12(16(17)18)10-13(9-11)19-7-6-15-4-2-3-5-15/h8-10,14H,2-7H2,1H3. The summed E-state index contributed by atoms with van der Waals surface area (Å²) >= 11 is 0. The summed E-state index contributed by atoms with van der Waals surface area (Å²) in [7, 11) is 1.73. The zero-order valence-corrected chi connectivity index (χ0v) is 11.1. The van der Waals surface area contributed by atoms with Gasteiger partial charge in [0.15, 0.2) is 0 Å². The molecule has 104 valence electrons. The van der Waals surface area contributed by atoms with Crippen LogP contribution in [0.1, 0.15) is 12.8 Å². The highest BCUT2D eigenvalue weighted by atomic mass is 16.6. The van der Waals surface area contributed by atoms with E-state index in [4.69, 9.17) is 4.74 Å². The maximum atomic E-state index is 10.8. The molecule has 1 aromatic carbocycles. The number of nitrogens with one attached hydrogen (secondary N) is 1. The van der Waals surface area contributed by atoms with E-state index in [1.54, 1.807) is 13.1 Å². The molecule has 0 atom stereocenters. The number of ether oxygens (including phenoxy) is 1. The summed E-state index contributed by atoms with van der Waals surface area (Å²) in [5.41, 5.74) is 0.730. The number of benzene rings is 1. The molecule has 0 aliphatic carbocycles. The van der Waals surface area contributed by atoms with E-state index in [-0.39, 0.29) is 5.69 Å². The van der Waals surface area contributed by atoms with Gasteiger partial charge in [-0.05, 0) is 25.9 Å². The third-order valence-corrected chi connectivity index (χ3v) is 3.27. The Balaban J connectivity index is 1.94. The Bertz CT molecular complexity index is 445. The van der Waals surface area contributed by atoms with Crippen LogP contribution in [0.3, 0.4) is 0 Å². The van der Waals surface area contributed by atoms with Gasteiger partial charge in [0, 0.05) is 31.4 Å². The molecule has 1 fully saturated rings. The smallest absolute Gasteiger partial charge is 0.275 e. The highest BCUT2D eigenvalue weighted by Crippen LogP contribution is 2.25. The predicted octanol–water partition coefficient (Wildman–Crippen LogP) is 2.11. The maximum absolute atomic E-state index is 10.8. The molecular weight excluding hydrogens is 246 g/mol. The minimum Gasteiger partial charge on any atom is -0.492 e. The fourth-order valence-electron chi connectivity index (χ4n) is 2.22. The van der Waals surface area contributed by atoms with Crippen molar-refractivity contribution in [2.45, 2.75) is 12.8 Å². The molecule has 0 unspecified atom stereocenters. The molecule has 1 aromatic rings. The minimum atomic E-state index is -0.409. The molecule has 0 spiro atoms. The van der Waals surface area contributed by atoms with Gasteiger partial charge in [0.2, 0.25) is 0 Å². The van der Waals surface area contributed by atoms with E-state index in [1.165, 1.54) is 25.0 Å². The van der Waals surface area contributed by atoms with E-state index < -0.39 is 4.92 Å². The number of hydrogen-bond acceptors (Lipinski definition) is 5. The molecule has 19 heavy (non-hydrogen) atoms. The molecule has 0 aromatic heterocycles. The first kappa shape index (κ1) is 13.6. The van der Waals surface area contributed by atoms with Crippen molar-refractivity contribution in [3.63, 3.8) is 0 Å². The van der Waals surface area contributed by atoms with Gasteiger partial charge in [0.1, 0.15) is 12.4 Å². The average Bonchev–Trinajstić information content (AvgIpc) is 2.91.